The van der Waals surface area contributed by atoms with Gasteiger partial charge in [-0.05, 0) is 40.6 Å². The molecule has 25 heavy (non-hydrogen) atoms. The lowest BCUT2D eigenvalue weighted by Crippen LogP contribution is -2.18. The number of benzene rings is 1. The first-order chi connectivity index (χ1) is 12.1. The number of thiophene rings is 2. The molecule has 4 aromatic rings. The van der Waals surface area contributed by atoms with Gasteiger partial charge < -0.3 is 10.8 Å². The van der Waals surface area contributed by atoms with Crippen molar-refractivity contribution in [2.45, 2.75) is 0 Å². The van der Waals surface area contributed by atoms with Crippen molar-refractivity contribution in [3.63, 3.8) is 0 Å². The number of carbonyl (C=O) groups is 2. The molecule has 3 heterocycles. The largest absolute Gasteiger partial charge is 0.494 e. The number of ketones is 1. The molecule has 0 spiro atoms. The fourth-order valence-corrected chi connectivity index (χ4v) is 4.25. The third-order valence-corrected chi connectivity index (χ3v) is 5.73. The van der Waals surface area contributed by atoms with Gasteiger partial charge in [0.1, 0.15) is 0 Å². The van der Waals surface area contributed by atoms with Crippen LogP contribution in [0.3, 0.4) is 0 Å². The lowest BCUT2D eigenvalue weighted by atomic mass is 10.0. The number of hydrogen-bond acceptors (Lipinski definition) is 5. The molecule has 0 saturated carbocycles. The van der Waals surface area contributed by atoms with Gasteiger partial charge in [-0.1, -0.05) is 18.2 Å². The molecule has 0 unspecified atom stereocenters. The number of fused-ring (bicyclic) bond motifs is 1. The van der Waals surface area contributed by atoms with E-state index in [1.165, 1.54) is 11.3 Å². The van der Waals surface area contributed by atoms with Gasteiger partial charge in [0.15, 0.2) is 0 Å². The van der Waals surface area contributed by atoms with Gasteiger partial charge in [0, 0.05) is 10.3 Å². The summed E-state index contributed by atoms with van der Waals surface area (Å²) in [6.07, 6.45) is 0. The molecule has 0 aliphatic carbocycles. The molecule has 1 aromatic carbocycles. The summed E-state index contributed by atoms with van der Waals surface area (Å²) in [5.41, 5.74) is 6.81. The van der Waals surface area contributed by atoms with E-state index in [9.17, 15) is 14.7 Å². The Balaban J connectivity index is 2.02. The average Bonchev–Trinajstić information content (AvgIpc) is 3.33. The van der Waals surface area contributed by atoms with Crippen molar-refractivity contribution in [3.05, 3.63) is 63.7 Å². The van der Waals surface area contributed by atoms with Crippen molar-refractivity contribution >= 4 is 45.4 Å². The van der Waals surface area contributed by atoms with Crippen molar-refractivity contribution in [1.82, 2.24) is 4.57 Å². The highest BCUT2D eigenvalue weighted by molar-refractivity contribution is 7.13. The maximum Gasteiger partial charge on any atom is 0.326 e. The van der Waals surface area contributed by atoms with Crippen LogP contribution in [0.1, 0.15) is 15.2 Å². The Labute approximate surface area is 150 Å². The van der Waals surface area contributed by atoms with Crippen molar-refractivity contribution in [1.29, 1.82) is 0 Å². The number of nitrogens with two attached hydrogens (primary N) is 1. The molecule has 7 heteroatoms. The summed E-state index contributed by atoms with van der Waals surface area (Å²) in [6, 6.07) is 11.9. The molecule has 0 saturated heterocycles. The Morgan fingerprint density at radius 3 is 2.44 bits per heavy atom. The zero-order valence-electron chi connectivity index (χ0n) is 12.8. The summed E-state index contributed by atoms with van der Waals surface area (Å²) in [4.78, 5) is 26.2. The molecule has 0 aliphatic heterocycles. The summed E-state index contributed by atoms with van der Waals surface area (Å²) in [5.74, 6) is -0.759. The highest BCUT2D eigenvalue weighted by atomic mass is 32.1. The normalized spacial score (nSPS) is 11.0. The zero-order valence-corrected chi connectivity index (χ0v) is 14.4. The van der Waals surface area contributed by atoms with E-state index >= 15 is 0 Å². The van der Waals surface area contributed by atoms with Crippen LogP contribution in [0.2, 0.25) is 0 Å². The zero-order chi connectivity index (χ0) is 17.6. The van der Waals surface area contributed by atoms with Gasteiger partial charge in [0.05, 0.1) is 16.0 Å². The quantitative estimate of drug-likeness (QED) is 0.529. The first-order valence-corrected chi connectivity index (χ1v) is 9.13. The number of primary amides is 1. The maximum atomic E-state index is 12.9. The second-order valence-corrected chi connectivity index (χ2v) is 7.28. The highest BCUT2D eigenvalue weighted by Gasteiger charge is 2.26. The minimum absolute atomic E-state index is 0.0923. The number of amides is 1. The van der Waals surface area contributed by atoms with Crippen LogP contribution in [0.4, 0.5) is 4.79 Å². The van der Waals surface area contributed by atoms with Crippen molar-refractivity contribution < 1.29 is 14.7 Å². The lowest BCUT2D eigenvalue weighted by Gasteiger charge is -2.01. The van der Waals surface area contributed by atoms with Crippen LogP contribution in [0, 0.1) is 0 Å². The number of hydrogen-bond donors (Lipinski definition) is 2. The molecule has 0 radical (unpaired) electrons. The van der Waals surface area contributed by atoms with Gasteiger partial charge in [-0.3, -0.25) is 4.79 Å². The van der Waals surface area contributed by atoms with Gasteiger partial charge in [-0.2, -0.15) is 0 Å². The van der Waals surface area contributed by atoms with Crippen molar-refractivity contribution in [2.75, 3.05) is 0 Å². The molecular weight excluding hydrogens is 356 g/mol. The van der Waals surface area contributed by atoms with Gasteiger partial charge in [-0.15, -0.1) is 22.7 Å². The van der Waals surface area contributed by atoms with E-state index in [0.29, 0.717) is 15.8 Å². The molecule has 4 rings (SSSR count). The Hall–Kier alpha value is -2.90. The number of nitrogens with zero attached hydrogens (tertiary/aromatic N) is 1. The highest BCUT2D eigenvalue weighted by Crippen LogP contribution is 2.37. The average molecular weight is 368 g/mol. The van der Waals surface area contributed by atoms with Crippen LogP contribution < -0.4 is 5.73 Å². The second-order valence-electron chi connectivity index (χ2n) is 5.39. The number of rotatable bonds is 3. The molecule has 0 aliphatic rings. The van der Waals surface area contributed by atoms with Crippen LogP contribution in [0.5, 0.6) is 5.88 Å². The minimum atomic E-state index is -0.836. The van der Waals surface area contributed by atoms with E-state index in [-0.39, 0.29) is 11.3 Å². The Bertz CT molecular complexity index is 1090. The van der Waals surface area contributed by atoms with Gasteiger partial charge in [0.2, 0.25) is 11.7 Å². The molecule has 3 N–H and O–H groups in total. The fourth-order valence-electron chi connectivity index (χ4n) is 2.85. The standard InChI is InChI=1S/C18H12N2O3S2/c19-18(23)20-12-6-5-10(13-3-1-7-24-13)9-11(12)15(17(20)22)16(21)14-4-2-8-25-14/h1-9,22H,(H2,19,23). The van der Waals surface area contributed by atoms with Crippen LogP contribution >= 0.6 is 22.7 Å². The topological polar surface area (TPSA) is 85.3 Å². The molecule has 0 fully saturated rings. The lowest BCUT2D eigenvalue weighted by molar-refractivity contribution is 0.104. The Morgan fingerprint density at radius 1 is 1.04 bits per heavy atom. The second kappa shape index (κ2) is 5.87. The van der Waals surface area contributed by atoms with E-state index in [2.05, 4.69) is 0 Å². The predicted octanol–water partition coefficient (Wildman–Crippen LogP) is 4.29. The number of carbonyl (C=O) groups excluding carboxylic acids is 2. The predicted molar refractivity (Wildman–Crippen MR) is 99.6 cm³/mol. The summed E-state index contributed by atoms with van der Waals surface area (Å²) in [5, 5.41) is 14.8. The van der Waals surface area contributed by atoms with E-state index < -0.39 is 11.9 Å². The number of aromatic hydroxyl groups is 1. The van der Waals surface area contributed by atoms with E-state index in [1.54, 1.807) is 41.0 Å². The summed E-state index contributed by atoms with van der Waals surface area (Å²) in [7, 11) is 0. The third kappa shape index (κ3) is 2.45. The van der Waals surface area contributed by atoms with Crippen LogP contribution in [0.15, 0.2) is 53.2 Å². The van der Waals surface area contributed by atoms with Gasteiger partial charge in [0.25, 0.3) is 0 Å². The summed E-state index contributed by atoms with van der Waals surface area (Å²) >= 11 is 2.85. The maximum absolute atomic E-state index is 12.9. The molecule has 5 nitrogen and oxygen atoms in total. The number of aromatic nitrogens is 1. The fraction of sp³-hybridized carbons (Fsp3) is 0. The molecular formula is C18H12N2O3S2. The molecule has 3 aromatic heterocycles. The smallest absolute Gasteiger partial charge is 0.326 e. The van der Waals surface area contributed by atoms with Crippen molar-refractivity contribution in [3.8, 4) is 16.3 Å². The molecule has 124 valence electrons. The van der Waals surface area contributed by atoms with Crippen LogP contribution in [-0.2, 0) is 0 Å². The minimum Gasteiger partial charge on any atom is -0.494 e. The Morgan fingerprint density at radius 2 is 1.80 bits per heavy atom. The van der Waals surface area contributed by atoms with E-state index in [4.69, 9.17) is 5.73 Å². The first kappa shape index (κ1) is 15.6. The monoisotopic (exact) mass is 368 g/mol. The summed E-state index contributed by atoms with van der Waals surface area (Å²) < 4.78 is 0.967. The SMILES string of the molecule is NC(=O)n1c(O)c(C(=O)c2cccs2)c2cc(-c3cccs3)ccc21. The summed E-state index contributed by atoms with van der Waals surface area (Å²) in [6.45, 7) is 0. The molecule has 0 atom stereocenters. The van der Waals surface area contributed by atoms with E-state index in [1.807, 2.05) is 23.6 Å². The van der Waals surface area contributed by atoms with Crippen LogP contribution in [0.25, 0.3) is 21.3 Å². The van der Waals surface area contributed by atoms with Gasteiger partial charge in [-0.25, -0.2) is 9.36 Å². The first-order valence-electron chi connectivity index (χ1n) is 7.37. The molecule has 1 amide bonds. The van der Waals surface area contributed by atoms with E-state index in [0.717, 1.165) is 15.0 Å². The van der Waals surface area contributed by atoms with Gasteiger partial charge >= 0.3 is 6.03 Å². The van der Waals surface area contributed by atoms with Crippen LogP contribution in [-0.4, -0.2) is 21.5 Å². The third-order valence-electron chi connectivity index (χ3n) is 3.94. The molecule has 0 bridgehead atoms. The Kier molecular flexibility index (Phi) is 3.67. The van der Waals surface area contributed by atoms with Crippen molar-refractivity contribution in [2.24, 2.45) is 5.73 Å².